The molecule has 0 spiro atoms. The first-order valence-corrected chi connectivity index (χ1v) is 7.42. The monoisotopic (exact) mass is 307 g/mol. The highest BCUT2D eigenvalue weighted by Crippen LogP contribution is 2.24. The molecule has 6 heteroatoms. The van der Waals surface area contributed by atoms with Gasteiger partial charge in [0.15, 0.2) is 0 Å². The number of carbonyl (C=O) groups is 1. The predicted molar refractivity (Wildman–Crippen MR) is 82.9 cm³/mol. The summed E-state index contributed by atoms with van der Waals surface area (Å²) in [6.45, 7) is 5.99. The van der Waals surface area contributed by atoms with Crippen LogP contribution in [0.3, 0.4) is 0 Å². The zero-order chi connectivity index (χ0) is 15.5. The summed E-state index contributed by atoms with van der Waals surface area (Å²) in [6.07, 6.45) is 1.81. The number of anilines is 1. The van der Waals surface area contributed by atoms with Crippen LogP contribution in [0.1, 0.15) is 23.7 Å². The van der Waals surface area contributed by atoms with Crippen molar-refractivity contribution < 1.29 is 9.18 Å². The van der Waals surface area contributed by atoms with Crippen molar-refractivity contribution in [2.45, 2.75) is 26.3 Å². The Bertz CT molecular complexity index is 639. The van der Waals surface area contributed by atoms with Crippen LogP contribution in [0.2, 0.25) is 0 Å². The smallest absolute Gasteiger partial charge is 0.238 e. The lowest BCUT2D eigenvalue weighted by Crippen LogP contribution is -2.41. The van der Waals surface area contributed by atoms with Gasteiger partial charge in [-0.15, -0.1) is 11.3 Å². The highest BCUT2D eigenvalue weighted by Gasteiger charge is 2.24. The number of hydrogen-bond donors (Lipinski definition) is 2. The van der Waals surface area contributed by atoms with Gasteiger partial charge in [-0.3, -0.25) is 10.1 Å². The van der Waals surface area contributed by atoms with E-state index >= 15 is 0 Å². The number of aryl methyl sites for hydroxylation is 1. The second-order valence-electron chi connectivity index (χ2n) is 5.28. The molecule has 1 aromatic carbocycles. The second kappa shape index (κ2) is 6.32. The summed E-state index contributed by atoms with van der Waals surface area (Å²) < 4.78 is 13.4. The summed E-state index contributed by atoms with van der Waals surface area (Å²) in [6, 6.07) is 6.10. The third-order valence-corrected chi connectivity index (χ3v) is 4.23. The normalized spacial score (nSPS) is 11.4. The van der Waals surface area contributed by atoms with Crippen molar-refractivity contribution in [3.8, 4) is 0 Å². The fourth-order valence-electron chi connectivity index (χ4n) is 1.78. The molecule has 0 aliphatic carbocycles. The number of halogens is 1. The lowest BCUT2D eigenvalue weighted by molar-refractivity contribution is -0.115. The lowest BCUT2D eigenvalue weighted by Gasteiger charge is -2.23. The molecule has 21 heavy (non-hydrogen) atoms. The summed E-state index contributed by atoms with van der Waals surface area (Å²) in [5.41, 5.74) is -0.224. The molecule has 2 rings (SSSR count). The van der Waals surface area contributed by atoms with Crippen LogP contribution in [0.4, 0.5) is 10.1 Å². The number of rotatable bonds is 5. The number of aromatic nitrogens is 1. The van der Waals surface area contributed by atoms with Crippen LogP contribution < -0.4 is 10.6 Å². The molecule has 0 aliphatic heterocycles. The van der Waals surface area contributed by atoms with E-state index in [-0.39, 0.29) is 18.1 Å². The van der Waals surface area contributed by atoms with Gasteiger partial charge in [0.1, 0.15) is 10.8 Å². The Morgan fingerprint density at radius 1 is 1.38 bits per heavy atom. The van der Waals surface area contributed by atoms with Crippen molar-refractivity contribution >= 4 is 22.9 Å². The summed E-state index contributed by atoms with van der Waals surface area (Å²) in [5.74, 6) is -0.734. The average molecular weight is 307 g/mol. The fourth-order valence-corrected chi connectivity index (χ4v) is 2.62. The molecule has 112 valence electrons. The van der Waals surface area contributed by atoms with Gasteiger partial charge >= 0.3 is 0 Å². The van der Waals surface area contributed by atoms with E-state index in [9.17, 15) is 9.18 Å². The lowest BCUT2D eigenvalue weighted by atomic mass is 10.1. The van der Waals surface area contributed by atoms with Gasteiger partial charge in [0, 0.05) is 11.1 Å². The molecule has 4 nitrogen and oxygen atoms in total. The van der Waals surface area contributed by atoms with Gasteiger partial charge < -0.3 is 5.32 Å². The highest BCUT2D eigenvalue weighted by atomic mass is 32.1. The maximum absolute atomic E-state index is 13.4. The zero-order valence-electron chi connectivity index (χ0n) is 12.2. The summed E-state index contributed by atoms with van der Waals surface area (Å²) >= 11 is 1.59. The number of thiazole rings is 1. The molecule has 2 N–H and O–H groups in total. The van der Waals surface area contributed by atoms with E-state index in [0.29, 0.717) is 0 Å². The van der Waals surface area contributed by atoms with Gasteiger partial charge in [-0.1, -0.05) is 12.1 Å². The number of hydrogen-bond acceptors (Lipinski definition) is 4. The SMILES string of the molecule is Cc1cnc(C(C)(C)NCC(=O)Nc2ccccc2F)s1. The van der Waals surface area contributed by atoms with Crippen LogP contribution >= 0.6 is 11.3 Å². The van der Waals surface area contributed by atoms with Gasteiger partial charge in [0.2, 0.25) is 5.91 Å². The highest BCUT2D eigenvalue weighted by molar-refractivity contribution is 7.11. The average Bonchev–Trinajstić information content (AvgIpc) is 2.87. The molecule has 0 radical (unpaired) electrons. The van der Waals surface area contributed by atoms with Crippen LogP contribution in [-0.4, -0.2) is 17.4 Å². The number of benzene rings is 1. The Kier molecular flexibility index (Phi) is 4.69. The first-order chi connectivity index (χ1) is 9.88. The molecule has 0 saturated carbocycles. The van der Waals surface area contributed by atoms with Gasteiger partial charge in [-0.05, 0) is 32.9 Å². The van der Waals surface area contributed by atoms with E-state index in [1.54, 1.807) is 23.5 Å². The molecular formula is C15H18FN3OS. The largest absolute Gasteiger partial charge is 0.322 e. The maximum atomic E-state index is 13.4. The molecule has 2 aromatic rings. The fraction of sp³-hybridized carbons (Fsp3) is 0.333. The molecule has 1 amide bonds. The van der Waals surface area contributed by atoms with E-state index in [0.717, 1.165) is 9.88 Å². The third kappa shape index (κ3) is 4.09. The number of nitrogens with one attached hydrogen (secondary N) is 2. The van der Waals surface area contributed by atoms with Crippen LogP contribution in [0, 0.1) is 12.7 Å². The molecule has 0 unspecified atom stereocenters. The quantitative estimate of drug-likeness (QED) is 0.892. The number of carbonyl (C=O) groups excluding carboxylic acids is 1. The Morgan fingerprint density at radius 3 is 2.71 bits per heavy atom. The van der Waals surface area contributed by atoms with Crippen molar-refractivity contribution in [1.29, 1.82) is 0 Å². The Labute approximate surface area is 127 Å². The summed E-state index contributed by atoms with van der Waals surface area (Å²) in [4.78, 5) is 17.3. The third-order valence-electron chi connectivity index (χ3n) is 2.99. The van der Waals surface area contributed by atoms with Crippen molar-refractivity contribution in [2.75, 3.05) is 11.9 Å². The molecular weight excluding hydrogens is 289 g/mol. The van der Waals surface area contributed by atoms with E-state index in [1.807, 2.05) is 27.0 Å². The maximum Gasteiger partial charge on any atom is 0.238 e. The van der Waals surface area contributed by atoms with E-state index < -0.39 is 11.4 Å². The molecule has 0 bridgehead atoms. The van der Waals surface area contributed by atoms with Crippen LogP contribution in [0.25, 0.3) is 0 Å². The molecule has 1 heterocycles. The Morgan fingerprint density at radius 2 is 2.10 bits per heavy atom. The Balaban J connectivity index is 1.93. The number of nitrogens with zero attached hydrogens (tertiary/aromatic N) is 1. The molecule has 0 saturated heterocycles. The van der Waals surface area contributed by atoms with Crippen molar-refractivity contribution in [3.05, 3.63) is 46.2 Å². The van der Waals surface area contributed by atoms with Gasteiger partial charge in [-0.2, -0.15) is 0 Å². The first-order valence-electron chi connectivity index (χ1n) is 6.61. The molecule has 1 aromatic heterocycles. The topological polar surface area (TPSA) is 54.0 Å². The van der Waals surface area contributed by atoms with Crippen LogP contribution in [-0.2, 0) is 10.3 Å². The minimum absolute atomic E-state index is 0.0833. The zero-order valence-corrected chi connectivity index (χ0v) is 13.1. The van der Waals surface area contributed by atoms with Crippen molar-refractivity contribution in [1.82, 2.24) is 10.3 Å². The molecule has 0 atom stereocenters. The van der Waals surface area contributed by atoms with Crippen molar-refractivity contribution in [2.24, 2.45) is 0 Å². The summed E-state index contributed by atoms with van der Waals surface area (Å²) in [5, 5.41) is 6.60. The minimum Gasteiger partial charge on any atom is -0.322 e. The second-order valence-corrected chi connectivity index (χ2v) is 6.52. The standard InChI is InChI=1S/C15H18FN3OS/c1-10-8-17-14(21-10)15(2,3)18-9-13(20)19-12-7-5-4-6-11(12)16/h4-8,18H,9H2,1-3H3,(H,19,20). The van der Waals surface area contributed by atoms with E-state index in [1.165, 1.54) is 12.1 Å². The van der Waals surface area contributed by atoms with Gasteiger partial charge in [-0.25, -0.2) is 9.37 Å². The van der Waals surface area contributed by atoms with E-state index in [4.69, 9.17) is 0 Å². The minimum atomic E-state index is -0.444. The first kappa shape index (κ1) is 15.6. The Hall–Kier alpha value is -1.79. The molecule has 0 aliphatic rings. The van der Waals surface area contributed by atoms with Crippen LogP contribution in [0.15, 0.2) is 30.5 Å². The van der Waals surface area contributed by atoms with Gasteiger partial charge in [0.25, 0.3) is 0 Å². The number of para-hydroxylation sites is 1. The number of amides is 1. The summed E-state index contributed by atoms with van der Waals surface area (Å²) in [7, 11) is 0. The molecule has 0 fully saturated rings. The predicted octanol–water partition coefficient (Wildman–Crippen LogP) is 3.05. The van der Waals surface area contributed by atoms with Gasteiger partial charge in [0.05, 0.1) is 17.8 Å². The van der Waals surface area contributed by atoms with E-state index in [2.05, 4.69) is 15.6 Å². The van der Waals surface area contributed by atoms with Crippen molar-refractivity contribution in [3.63, 3.8) is 0 Å². The van der Waals surface area contributed by atoms with Crippen LogP contribution in [0.5, 0.6) is 0 Å².